The number of Topliss-reactive ketones (excluding diaryl/α,β-unsaturated/α-hetero) is 1. The van der Waals surface area contributed by atoms with E-state index in [1.165, 1.54) is 39.3 Å². The molecule has 5 aromatic rings. The summed E-state index contributed by atoms with van der Waals surface area (Å²) in [5, 5.41) is 3.59. The van der Waals surface area contributed by atoms with Crippen LogP contribution in [0.25, 0.3) is 0 Å². The van der Waals surface area contributed by atoms with Gasteiger partial charge in [0.05, 0.1) is 61.5 Å². The Balaban J connectivity index is 0.901. The molecule has 0 saturated carbocycles. The molecule has 0 spiro atoms. The van der Waals surface area contributed by atoms with Crippen molar-refractivity contribution < 1.29 is 47.7 Å². The number of hydrogen-bond acceptors (Lipinski definition) is 13. The summed E-state index contributed by atoms with van der Waals surface area (Å²) >= 11 is 0. The standard InChI is InChI=1S/C63H72N6O10/c1-5-23-76-25-26-77-24-22-66(20-10-16-52(70)17-11-21-67-60(71)18-19-61(67)72)49-29-43(40-78-57-34-55-53(27-42(57)2)62(73)68-37-47-14-8-6-12-45(47)31-50(68)36-64-55)28-44(30-49)41-79-59-35-56-54(33-58(59)75-4)63(74)69-38-48-15-9-7-13-46(48)32-51(69)39-65(56)3/h6-9,12-15,18-19,27-30,33-35,50-51,64H,5,10-11,16-17,20-26,31-32,36-41H2,1-4H3/t50-,51?/m0/s1. The molecule has 0 bridgehead atoms. The van der Waals surface area contributed by atoms with Gasteiger partial charge in [-0.05, 0) is 108 Å². The highest BCUT2D eigenvalue weighted by Crippen LogP contribution is 2.40. The van der Waals surface area contributed by atoms with E-state index in [1.54, 1.807) is 13.2 Å². The molecular formula is C63H72N6O10. The lowest BCUT2D eigenvalue weighted by molar-refractivity contribution is -0.137. The van der Waals surface area contributed by atoms with Crippen LogP contribution in [-0.4, -0.2) is 130 Å². The topological polar surface area (TPSA) is 160 Å². The van der Waals surface area contributed by atoms with Gasteiger partial charge in [0.1, 0.15) is 24.7 Å². The number of amides is 4. The summed E-state index contributed by atoms with van der Waals surface area (Å²) in [5.74, 6) is 0.927. The van der Waals surface area contributed by atoms with Crippen molar-refractivity contribution in [2.45, 2.75) is 97.2 Å². The summed E-state index contributed by atoms with van der Waals surface area (Å²) in [7, 11) is 3.61. The van der Waals surface area contributed by atoms with Gasteiger partial charge in [0.15, 0.2) is 11.5 Å². The number of methoxy groups -OCH3 is 1. The van der Waals surface area contributed by atoms with Crippen LogP contribution in [0.2, 0.25) is 0 Å². The normalized spacial score (nSPS) is 17.2. The van der Waals surface area contributed by atoms with Crippen molar-refractivity contribution in [1.29, 1.82) is 0 Å². The third-order valence-electron chi connectivity index (χ3n) is 15.8. The lowest BCUT2D eigenvalue weighted by Crippen LogP contribution is -2.47. The maximum absolute atomic E-state index is 14.4. The Morgan fingerprint density at radius 3 is 1.97 bits per heavy atom. The van der Waals surface area contributed by atoms with E-state index in [-0.39, 0.29) is 67.7 Å². The van der Waals surface area contributed by atoms with E-state index in [9.17, 15) is 24.0 Å². The zero-order valence-corrected chi connectivity index (χ0v) is 45.9. The van der Waals surface area contributed by atoms with Crippen molar-refractivity contribution in [3.63, 3.8) is 0 Å². The Hall–Kier alpha value is -7.69. The average Bonchev–Trinajstić information content (AvgIpc) is 3.78. The summed E-state index contributed by atoms with van der Waals surface area (Å²) in [6, 6.07) is 30.6. The number of benzene rings is 5. The first kappa shape index (κ1) is 54.7. The fourth-order valence-corrected chi connectivity index (χ4v) is 11.5. The molecule has 0 aliphatic carbocycles. The van der Waals surface area contributed by atoms with E-state index in [0.717, 1.165) is 53.0 Å². The van der Waals surface area contributed by atoms with Gasteiger partial charge in [-0.15, -0.1) is 0 Å². The molecule has 5 aromatic carbocycles. The average molecular weight is 1070 g/mol. The molecule has 79 heavy (non-hydrogen) atoms. The predicted octanol–water partition coefficient (Wildman–Crippen LogP) is 8.48. The van der Waals surface area contributed by atoms with Gasteiger partial charge in [0.25, 0.3) is 23.6 Å². The van der Waals surface area contributed by atoms with Gasteiger partial charge in [0.2, 0.25) is 0 Å². The van der Waals surface area contributed by atoms with Crippen LogP contribution in [0.3, 0.4) is 0 Å². The predicted molar refractivity (Wildman–Crippen MR) is 302 cm³/mol. The molecule has 16 nitrogen and oxygen atoms in total. The summed E-state index contributed by atoms with van der Waals surface area (Å²) in [6.07, 6.45) is 6.54. The fraction of sp³-hybridized carbons (Fsp3) is 0.413. The van der Waals surface area contributed by atoms with Crippen molar-refractivity contribution >= 4 is 46.5 Å². The minimum Gasteiger partial charge on any atom is -0.493 e. The summed E-state index contributed by atoms with van der Waals surface area (Å²) < 4.78 is 31.2. The molecular weight excluding hydrogens is 1000 g/mol. The monoisotopic (exact) mass is 1070 g/mol. The smallest absolute Gasteiger partial charge is 0.256 e. The zero-order valence-electron chi connectivity index (χ0n) is 45.9. The van der Waals surface area contributed by atoms with Crippen molar-refractivity contribution in [2.24, 2.45) is 0 Å². The minimum absolute atomic E-state index is 0.00415. The van der Waals surface area contributed by atoms with Crippen LogP contribution < -0.4 is 29.3 Å². The number of likely N-dealkylation sites (N-methyl/N-ethyl adjacent to an activating group) is 1. The van der Waals surface area contributed by atoms with Gasteiger partial charge in [-0.2, -0.15) is 0 Å². The molecule has 0 radical (unpaired) electrons. The van der Waals surface area contributed by atoms with Gasteiger partial charge < -0.3 is 48.6 Å². The quantitative estimate of drug-likeness (QED) is 0.0464. The summed E-state index contributed by atoms with van der Waals surface area (Å²) in [4.78, 5) is 75.5. The van der Waals surface area contributed by atoms with Crippen LogP contribution in [0.15, 0.2) is 103 Å². The number of ketones is 1. The maximum Gasteiger partial charge on any atom is 0.256 e. The molecule has 16 heteroatoms. The second-order valence-electron chi connectivity index (χ2n) is 21.3. The minimum atomic E-state index is -0.349. The molecule has 5 aliphatic heterocycles. The van der Waals surface area contributed by atoms with Crippen LogP contribution in [-0.2, 0) is 63.0 Å². The highest BCUT2D eigenvalue weighted by molar-refractivity contribution is 6.13. The number of rotatable bonds is 24. The van der Waals surface area contributed by atoms with Gasteiger partial charge in [-0.3, -0.25) is 28.9 Å². The van der Waals surface area contributed by atoms with E-state index >= 15 is 0 Å². The SMILES string of the molecule is CCCOCCOCCN(CCCC(=O)CCCN1C(=O)C=CC1=O)c1cc(COc2cc3c(cc2C)C(=O)N2Cc4ccccc4C[C@H]2CN3)cc(COc2cc3c(cc2OC)C(=O)N2Cc4ccccc4CC2CN3C)c1. The number of nitrogens with zero attached hydrogens (tertiary/aromatic N) is 5. The number of carbonyl (C=O) groups is 5. The van der Waals surface area contributed by atoms with E-state index in [0.29, 0.717) is 113 Å². The summed E-state index contributed by atoms with van der Waals surface area (Å²) in [5.41, 5.74) is 11.0. The van der Waals surface area contributed by atoms with Crippen molar-refractivity contribution in [3.8, 4) is 17.2 Å². The van der Waals surface area contributed by atoms with E-state index in [4.69, 9.17) is 23.7 Å². The molecule has 0 fully saturated rings. The first-order chi connectivity index (χ1) is 38.4. The highest BCUT2D eigenvalue weighted by atomic mass is 16.5. The lowest BCUT2D eigenvalue weighted by Gasteiger charge is -2.36. The molecule has 10 rings (SSSR count). The number of anilines is 3. The molecule has 5 heterocycles. The molecule has 2 atom stereocenters. The van der Waals surface area contributed by atoms with Crippen molar-refractivity contribution in [1.82, 2.24) is 14.7 Å². The molecule has 414 valence electrons. The number of aryl methyl sites for hydroxylation is 1. The Morgan fingerprint density at radius 1 is 0.671 bits per heavy atom. The van der Waals surface area contributed by atoms with Gasteiger partial charge >= 0.3 is 0 Å². The Morgan fingerprint density at radius 2 is 1.29 bits per heavy atom. The first-order valence-corrected chi connectivity index (χ1v) is 27.9. The third-order valence-corrected chi connectivity index (χ3v) is 15.8. The molecule has 0 aromatic heterocycles. The molecule has 4 amide bonds. The van der Waals surface area contributed by atoms with Crippen molar-refractivity contribution in [2.75, 3.05) is 88.4 Å². The van der Waals surface area contributed by atoms with Gasteiger partial charge in [0, 0.05) is 102 Å². The second kappa shape index (κ2) is 25.0. The van der Waals surface area contributed by atoms with Crippen LogP contribution in [0.5, 0.6) is 17.2 Å². The van der Waals surface area contributed by atoms with Crippen LogP contribution >= 0.6 is 0 Å². The summed E-state index contributed by atoms with van der Waals surface area (Å²) in [6.45, 7) is 10.0. The number of ether oxygens (including phenoxy) is 5. The first-order valence-electron chi connectivity index (χ1n) is 27.9. The van der Waals surface area contributed by atoms with E-state index < -0.39 is 0 Å². The largest absolute Gasteiger partial charge is 0.493 e. The number of hydrogen-bond donors (Lipinski definition) is 1. The molecule has 1 unspecified atom stereocenters. The highest BCUT2D eigenvalue weighted by Gasteiger charge is 2.37. The van der Waals surface area contributed by atoms with Crippen molar-refractivity contribution in [3.05, 3.63) is 153 Å². The molecule has 1 N–H and O–H groups in total. The zero-order chi connectivity index (χ0) is 55.0. The third kappa shape index (κ3) is 12.6. The van der Waals surface area contributed by atoms with Crippen LogP contribution in [0, 0.1) is 6.92 Å². The van der Waals surface area contributed by atoms with Gasteiger partial charge in [-0.1, -0.05) is 55.5 Å². The maximum atomic E-state index is 14.4. The van der Waals surface area contributed by atoms with E-state index in [1.807, 2.05) is 54.1 Å². The second-order valence-corrected chi connectivity index (χ2v) is 21.3. The fourth-order valence-electron chi connectivity index (χ4n) is 11.5. The van der Waals surface area contributed by atoms with Gasteiger partial charge in [-0.25, -0.2) is 0 Å². The number of nitrogens with one attached hydrogen (secondary N) is 1. The number of fused-ring (bicyclic) bond motifs is 6. The Kier molecular flexibility index (Phi) is 17.3. The molecule has 0 saturated heterocycles. The Bertz CT molecular complexity index is 3100. The number of carbonyl (C=O) groups excluding carboxylic acids is 5. The molecule has 5 aliphatic rings. The van der Waals surface area contributed by atoms with Crippen LogP contribution in [0.4, 0.5) is 17.1 Å². The van der Waals surface area contributed by atoms with Crippen LogP contribution in [0.1, 0.15) is 98.7 Å². The Labute approximate surface area is 463 Å². The van der Waals surface area contributed by atoms with E-state index in [2.05, 4.69) is 76.6 Å². The number of imide groups is 1. The lowest BCUT2D eigenvalue weighted by atomic mass is 9.93.